The fourth-order valence-electron chi connectivity index (χ4n) is 2.97. The Kier molecular flexibility index (Phi) is 7.44. The lowest BCUT2D eigenvalue weighted by Gasteiger charge is -2.06. The van der Waals surface area contributed by atoms with Gasteiger partial charge in [-0.2, -0.15) is 0 Å². The minimum Gasteiger partial charge on any atom is -0.423 e. The number of ether oxygens (including phenoxy) is 1. The van der Waals surface area contributed by atoms with Crippen LogP contribution in [0.15, 0.2) is 103 Å². The number of carbonyl (C=O) groups is 1. The van der Waals surface area contributed by atoms with Crippen molar-refractivity contribution in [3.63, 3.8) is 0 Å². The number of nitrogen functional groups attached to an aromatic ring is 2. The summed E-state index contributed by atoms with van der Waals surface area (Å²) in [5.74, 6) is 0.183. The molecule has 4 nitrogen and oxygen atoms in total. The van der Waals surface area contributed by atoms with Gasteiger partial charge in [0.1, 0.15) is 5.75 Å². The molecule has 0 fully saturated rings. The quantitative estimate of drug-likeness (QED) is 0.132. The molecule has 32 heavy (non-hydrogen) atoms. The zero-order valence-corrected chi connectivity index (χ0v) is 18.0. The van der Waals surface area contributed by atoms with Crippen molar-refractivity contribution in [1.82, 2.24) is 0 Å². The lowest BCUT2D eigenvalue weighted by molar-refractivity contribution is -0.129. The summed E-state index contributed by atoms with van der Waals surface area (Å²) >= 11 is 0. The number of nitrogens with two attached hydrogens (primary N) is 2. The number of hydrogen-bond acceptors (Lipinski definition) is 4. The molecule has 4 rings (SSSR count). The molecular weight excluding hydrogens is 396 g/mol. The largest absolute Gasteiger partial charge is 0.423 e. The summed E-state index contributed by atoms with van der Waals surface area (Å²) in [5.41, 5.74) is 15.4. The van der Waals surface area contributed by atoms with E-state index in [1.165, 1.54) is 0 Å². The Labute approximate surface area is 188 Å². The van der Waals surface area contributed by atoms with Crippen LogP contribution in [-0.4, -0.2) is 5.97 Å². The third-order valence-corrected chi connectivity index (χ3v) is 4.67. The molecule has 0 saturated carbocycles. The summed E-state index contributed by atoms with van der Waals surface area (Å²) in [5, 5.41) is 1.98. The van der Waals surface area contributed by atoms with Crippen molar-refractivity contribution in [2.24, 2.45) is 0 Å². The van der Waals surface area contributed by atoms with Crippen molar-refractivity contribution in [1.29, 1.82) is 0 Å². The molecule has 4 aromatic rings. The maximum absolute atomic E-state index is 11.4. The highest BCUT2D eigenvalue weighted by Gasteiger charge is 2.07. The molecule has 0 aliphatic heterocycles. The first kappa shape index (κ1) is 22.4. The highest BCUT2D eigenvalue weighted by molar-refractivity contribution is 5.94. The van der Waals surface area contributed by atoms with Crippen LogP contribution in [0.3, 0.4) is 0 Å². The Balaban J connectivity index is 0.000000181. The number of rotatable bonds is 4. The van der Waals surface area contributed by atoms with Gasteiger partial charge in [-0.05, 0) is 41.6 Å². The summed E-state index contributed by atoms with van der Waals surface area (Å²) in [6.45, 7) is 5.19. The molecule has 0 saturated heterocycles. The number of hydrogen-bond donors (Lipinski definition) is 2. The molecule has 160 valence electrons. The van der Waals surface area contributed by atoms with Crippen LogP contribution in [0, 0.1) is 0 Å². The zero-order valence-electron chi connectivity index (χ0n) is 18.0. The van der Waals surface area contributed by atoms with Crippen molar-refractivity contribution >= 4 is 40.3 Å². The van der Waals surface area contributed by atoms with E-state index in [0.29, 0.717) is 22.7 Å². The molecule has 0 atom stereocenters. The minimum absolute atomic E-state index is 0.392. The van der Waals surface area contributed by atoms with Gasteiger partial charge in [-0.1, -0.05) is 91.5 Å². The van der Waals surface area contributed by atoms with Gasteiger partial charge in [0.05, 0.1) is 0 Å². The van der Waals surface area contributed by atoms with Crippen molar-refractivity contribution in [3.05, 3.63) is 114 Å². The van der Waals surface area contributed by atoms with Crippen molar-refractivity contribution in [2.75, 3.05) is 11.5 Å². The van der Waals surface area contributed by atoms with E-state index in [2.05, 4.69) is 6.58 Å². The summed E-state index contributed by atoms with van der Waals surface area (Å²) in [4.78, 5) is 11.4. The number of fused-ring (bicyclic) bond motifs is 1. The van der Waals surface area contributed by atoms with E-state index in [9.17, 15) is 4.79 Å². The molecule has 0 spiro atoms. The van der Waals surface area contributed by atoms with Gasteiger partial charge in [0.15, 0.2) is 0 Å². The number of carbonyl (C=O) groups excluding carboxylic acids is 1. The first-order valence-electron chi connectivity index (χ1n) is 10.2. The van der Waals surface area contributed by atoms with Crippen LogP contribution >= 0.6 is 0 Å². The highest BCUT2D eigenvalue weighted by Crippen LogP contribution is 2.25. The Morgan fingerprint density at radius 2 is 1.53 bits per heavy atom. The molecule has 4 aromatic carbocycles. The van der Waals surface area contributed by atoms with Crippen LogP contribution in [0.5, 0.6) is 5.75 Å². The van der Waals surface area contributed by atoms with Gasteiger partial charge in [0.25, 0.3) is 0 Å². The average Bonchev–Trinajstić information content (AvgIpc) is 2.80. The fourth-order valence-corrected chi connectivity index (χ4v) is 2.97. The number of anilines is 2. The number of benzene rings is 4. The van der Waals surface area contributed by atoms with Crippen LogP contribution in [-0.2, 0) is 4.79 Å². The first-order valence-corrected chi connectivity index (χ1v) is 10.2. The van der Waals surface area contributed by atoms with Gasteiger partial charge in [-0.15, -0.1) is 0 Å². The minimum atomic E-state index is -0.392. The van der Waals surface area contributed by atoms with Gasteiger partial charge in [-0.25, -0.2) is 4.79 Å². The molecule has 0 aliphatic carbocycles. The second kappa shape index (κ2) is 10.6. The van der Waals surface area contributed by atoms with Crippen LogP contribution in [0.4, 0.5) is 11.4 Å². The third kappa shape index (κ3) is 6.09. The van der Waals surface area contributed by atoms with Gasteiger partial charge in [-0.3, -0.25) is 0 Å². The van der Waals surface area contributed by atoms with E-state index in [1.54, 1.807) is 19.1 Å². The monoisotopic (exact) mass is 422 g/mol. The second-order valence-electron chi connectivity index (χ2n) is 7.28. The molecule has 0 radical (unpaired) electrons. The summed E-state index contributed by atoms with van der Waals surface area (Å²) in [7, 11) is 0. The molecular formula is C28H26N2O2. The lowest BCUT2D eigenvalue weighted by Crippen LogP contribution is -2.08. The maximum atomic E-state index is 11.4. The SMILES string of the molecule is C=C(C)C(=O)Oc1cccc2ccccc12.Nc1ccc(C=Cc2ccccc2)c(N)c1. The van der Waals surface area contributed by atoms with E-state index >= 15 is 0 Å². The third-order valence-electron chi connectivity index (χ3n) is 4.67. The van der Waals surface area contributed by atoms with Crippen LogP contribution in [0.1, 0.15) is 18.1 Å². The Bertz CT molecular complexity index is 1260. The van der Waals surface area contributed by atoms with Gasteiger partial charge >= 0.3 is 5.97 Å². The van der Waals surface area contributed by atoms with Crippen LogP contribution in [0.25, 0.3) is 22.9 Å². The van der Waals surface area contributed by atoms with Crippen molar-refractivity contribution in [3.8, 4) is 5.75 Å². The van der Waals surface area contributed by atoms with Crippen molar-refractivity contribution in [2.45, 2.75) is 6.92 Å². The van der Waals surface area contributed by atoms with E-state index in [-0.39, 0.29) is 0 Å². The van der Waals surface area contributed by atoms with E-state index in [1.807, 2.05) is 91.0 Å². The molecule has 0 aromatic heterocycles. The zero-order chi connectivity index (χ0) is 22.9. The topological polar surface area (TPSA) is 78.3 Å². The smallest absolute Gasteiger partial charge is 0.338 e. The predicted molar refractivity (Wildman–Crippen MR) is 135 cm³/mol. The van der Waals surface area contributed by atoms with E-state index < -0.39 is 5.97 Å². The highest BCUT2D eigenvalue weighted by atomic mass is 16.5. The standard InChI is InChI=1S/C14H14N2.C14H12O2/c15-13-9-8-12(14(16)10-13)7-6-11-4-2-1-3-5-11;1-10(2)14(15)16-13-9-5-7-11-6-3-4-8-12(11)13/h1-10H,15-16H2;3-9H,1H2,2H3. The van der Waals surface area contributed by atoms with Gasteiger partial charge in [0.2, 0.25) is 0 Å². The average molecular weight is 423 g/mol. The molecule has 0 bridgehead atoms. The Morgan fingerprint density at radius 3 is 2.25 bits per heavy atom. The molecule has 4 N–H and O–H groups in total. The summed E-state index contributed by atoms with van der Waals surface area (Å²) < 4.78 is 5.25. The summed E-state index contributed by atoms with van der Waals surface area (Å²) in [6.07, 6.45) is 4.02. The van der Waals surface area contributed by atoms with E-state index in [0.717, 1.165) is 21.9 Å². The predicted octanol–water partition coefficient (Wildman–Crippen LogP) is 6.34. The number of esters is 1. The molecule has 0 aliphatic rings. The fraction of sp³-hybridized carbons (Fsp3) is 0.0357. The van der Waals surface area contributed by atoms with Crippen molar-refractivity contribution < 1.29 is 9.53 Å². The van der Waals surface area contributed by atoms with E-state index in [4.69, 9.17) is 16.2 Å². The maximum Gasteiger partial charge on any atom is 0.338 e. The summed E-state index contributed by atoms with van der Waals surface area (Å²) in [6, 6.07) is 29.0. The normalized spacial score (nSPS) is 10.4. The Morgan fingerprint density at radius 1 is 0.844 bits per heavy atom. The van der Waals surface area contributed by atoms with Gasteiger partial charge < -0.3 is 16.2 Å². The first-order chi connectivity index (χ1) is 15.4. The molecule has 0 heterocycles. The molecule has 4 heteroatoms. The van der Waals surface area contributed by atoms with Crippen LogP contribution < -0.4 is 16.2 Å². The lowest BCUT2D eigenvalue weighted by atomic mass is 10.1. The molecule has 0 amide bonds. The Hall–Kier alpha value is -4.31. The van der Waals surface area contributed by atoms with Gasteiger partial charge in [0, 0.05) is 22.3 Å². The van der Waals surface area contributed by atoms with Crippen LogP contribution in [0.2, 0.25) is 0 Å². The molecule has 0 unspecified atom stereocenters. The second-order valence-corrected chi connectivity index (χ2v) is 7.28.